The van der Waals surface area contributed by atoms with Crippen LogP contribution >= 0.6 is 0 Å². The molecule has 5 heteroatoms. The van der Waals surface area contributed by atoms with Crippen molar-refractivity contribution in [2.24, 2.45) is 11.3 Å². The number of carbonyl (C=O) groups is 1. The van der Waals surface area contributed by atoms with Crippen molar-refractivity contribution in [1.82, 2.24) is 4.98 Å². The van der Waals surface area contributed by atoms with Gasteiger partial charge in [0.25, 0.3) is 0 Å². The van der Waals surface area contributed by atoms with Crippen molar-refractivity contribution in [2.45, 2.75) is 40.0 Å². The number of pyridine rings is 1. The third-order valence-electron chi connectivity index (χ3n) is 8.05. The number of aromatic carboxylic acids is 1. The van der Waals surface area contributed by atoms with E-state index in [1.165, 1.54) is 5.69 Å². The Labute approximate surface area is 207 Å². The van der Waals surface area contributed by atoms with E-state index in [4.69, 9.17) is 9.72 Å². The minimum absolute atomic E-state index is 0.0956. The molecule has 1 unspecified atom stereocenters. The molecule has 182 valence electrons. The summed E-state index contributed by atoms with van der Waals surface area (Å²) in [5.41, 5.74) is 6.43. The van der Waals surface area contributed by atoms with Crippen LogP contribution in [0.15, 0.2) is 48.5 Å². The first kappa shape index (κ1) is 23.6. The Kier molecular flexibility index (Phi) is 6.37. The summed E-state index contributed by atoms with van der Waals surface area (Å²) in [5.74, 6) is -0.524. The van der Waals surface area contributed by atoms with Crippen molar-refractivity contribution < 1.29 is 14.6 Å². The fraction of sp³-hybridized carbons (Fsp3) is 0.400. The van der Waals surface area contributed by atoms with Crippen molar-refractivity contribution in [3.05, 3.63) is 70.9 Å². The summed E-state index contributed by atoms with van der Waals surface area (Å²) in [6.07, 6.45) is 4.89. The number of allylic oxidation sites excluding steroid dienone is 1. The summed E-state index contributed by atoms with van der Waals surface area (Å²) >= 11 is 0. The molecule has 1 aliphatic carbocycles. The first-order valence-corrected chi connectivity index (χ1v) is 12.7. The predicted octanol–water partition coefficient (Wildman–Crippen LogP) is 6.31. The lowest BCUT2D eigenvalue weighted by atomic mass is 9.67. The molecule has 2 heterocycles. The molecule has 5 nitrogen and oxygen atoms in total. The fourth-order valence-electron chi connectivity index (χ4n) is 5.41. The van der Waals surface area contributed by atoms with E-state index in [-0.39, 0.29) is 5.41 Å². The average molecular weight is 471 g/mol. The maximum atomic E-state index is 12.5. The number of para-hydroxylation sites is 1. The summed E-state index contributed by atoms with van der Waals surface area (Å²) in [6.45, 7) is 10.2. The Bertz CT molecular complexity index is 1270. The van der Waals surface area contributed by atoms with Crippen LogP contribution in [0.2, 0.25) is 0 Å². The van der Waals surface area contributed by atoms with E-state index in [1.54, 1.807) is 0 Å². The number of aromatic nitrogens is 1. The molecule has 35 heavy (non-hydrogen) atoms. The van der Waals surface area contributed by atoms with Crippen LogP contribution in [0, 0.1) is 11.3 Å². The lowest BCUT2D eigenvalue weighted by Crippen LogP contribution is -2.36. The number of rotatable bonds is 5. The van der Waals surface area contributed by atoms with Crippen LogP contribution in [-0.2, 0) is 11.2 Å². The Hall–Kier alpha value is -3.18. The summed E-state index contributed by atoms with van der Waals surface area (Å²) in [6, 6.07) is 16.3. The number of anilines is 1. The van der Waals surface area contributed by atoms with Gasteiger partial charge in [-0.1, -0.05) is 57.5 Å². The molecule has 0 spiro atoms. The fourth-order valence-corrected chi connectivity index (χ4v) is 5.41. The second-order valence-electron chi connectivity index (χ2n) is 10.4. The number of nitrogens with zero attached hydrogens (tertiary/aromatic N) is 2. The number of benzene rings is 2. The number of hydrogen-bond acceptors (Lipinski definition) is 4. The van der Waals surface area contributed by atoms with E-state index < -0.39 is 5.97 Å². The highest BCUT2D eigenvalue weighted by atomic mass is 16.5. The number of fused-ring (bicyclic) bond motifs is 2. The zero-order chi connectivity index (χ0) is 24.6. The molecular formula is C30H34N2O3. The molecule has 2 aromatic carbocycles. The molecular weight excluding hydrogens is 436 g/mol. The monoisotopic (exact) mass is 470 g/mol. The molecule has 1 aromatic heterocycles. The molecule has 0 amide bonds. The second kappa shape index (κ2) is 9.46. The zero-order valence-electron chi connectivity index (χ0n) is 20.9. The van der Waals surface area contributed by atoms with Gasteiger partial charge in [-0.3, -0.25) is 0 Å². The molecule has 1 atom stereocenters. The third kappa shape index (κ3) is 4.57. The van der Waals surface area contributed by atoms with Gasteiger partial charge in [0.15, 0.2) is 0 Å². The lowest BCUT2D eigenvalue weighted by Gasteiger charge is -2.38. The van der Waals surface area contributed by atoms with E-state index in [0.29, 0.717) is 11.5 Å². The first-order valence-electron chi connectivity index (χ1n) is 12.7. The van der Waals surface area contributed by atoms with E-state index in [1.807, 2.05) is 24.3 Å². The maximum absolute atomic E-state index is 12.5. The van der Waals surface area contributed by atoms with E-state index in [2.05, 4.69) is 56.0 Å². The van der Waals surface area contributed by atoms with Gasteiger partial charge < -0.3 is 14.7 Å². The van der Waals surface area contributed by atoms with E-state index in [9.17, 15) is 9.90 Å². The van der Waals surface area contributed by atoms with E-state index in [0.717, 1.165) is 78.9 Å². The van der Waals surface area contributed by atoms with Crippen LogP contribution < -0.4 is 4.90 Å². The number of morpholine rings is 1. The highest BCUT2D eigenvalue weighted by Gasteiger charge is 2.36. The van der Waals surface area contributed by atoms with E-state index >= 15 is 0 Å². The highest BCUT2D eigenvalue weighted by Crippen LogP contribution is 2.46. The Morgan fingerprint density at radius 1 is 1.11 bits per heavy atom. The van der Waals surface area contributed by atoms with Gasteiger partial charge >= 0.3 is 5.97 Å². The molecule has 1 N–H and O–H groups in total. The van der Waals surface area contributed by atoms with Crippen molar-refractivity contribution in [3.8, 4) is 0 Å². The SMILES string of the molecule is CCC(C)(C)C1CC(=Cc2ccc(N3CCOCC3)cc2)c2nc3ccccc3c(C(=O)O)c2C1. The van der Waals surface area contributed by atoms with Gasteiger partial charge in [-0.15, -0.1) is 0 Å². The van der Waals surface area contributed by atoms with Gasteiger partial charge in [-0.05, 0) is 65.1 Å². The van der Waals surface area contributed by atoms with Crippen LogP contribution in [-0.4, -0.2) is 42.4 Å². The normalized spacial score (nSPS) is 19.7. The molecule has 5 rings (SSSR count). The summed E-state index contributed by atoms with van der Waals surface area (Å²) in [5, 5.41) is 11.0. The molecule has 1 saturated heterocycles. The molecule has 0 bridgehead atoms. The quantitative estimate of drug-likeness (QED) is 0.473. The van der Waals surface area contributed by atoms with Crippen molar-refractivity contribution in [1.29, 1.82) is 0 Å². The van der Waals surface area contributed by atoms with Crippen LogP contribution in [0.25, 0.3) is 22.6 Å². The topological polar surface area (TPSA) is 62.7 Å². The molecule has 3 aromatic rings. The molecule has 1 fully saturated rings. The number of carboxylic acid groups (broad SMARTS) is 1. The number of carboxylic acids is 1. The average Bonchev–Trinajstić information content (AvgIpc) is 2.88. The number of hydrogen-bond donors (Lipinski definition) is 1. The Balaban J connectivity index is 1.61. The molecule has 2 aliphatic rings. The van der Waals surface area contributed by atoms with Gasteiger partial charge in [0.1, 0.15) is 0 Å². The molecule has 0 radical (unpaired) electrons. The summed E-state index contributed by atoms with van der Waals surface area (Å²) in [4.78, 5) is 19.9. The first-order chi connectivity index (χ1) is 16.9. The van der Waals surface area contributed by atoms with Crippen molar-refractivity contribution in [3.63, 3.8) is 0 Å². The zero-order valence-corrected chi connectivity index (χ0v) is 20.9. The van der Waals surface area contributed by atoms with Crippen molar-refractivity contribution in [2.75, 3.05) is 31.2 Å². The minimum atomic E-state index is -0.871. The summed E-state index contributed by atoms with van der Waals surface area (Å²) in [7, 11) is 0. The van der Waals surface area contributed by atoms with Gasteiger partial charge in [0, 0.05) is 24.2 Å². The van der Waals surface area contributed by atoms with Gasteiger partial charge in [-0.2, -0.15) is 0 Å². The molecule has 0 saturated carbocycles. The van der Waals surface area contributed by atoms with Crippen LogP contribution in [0.5, 0.6) is 0 Å². The molecule has 1 aliphatic heterocycles. The highest BCUT2D eigenvalue weighted by molar-refractivity contribution is 6.06. The lowest BCUT2D eigenvalue weighted by molar-refractivity contribution is 0.0696. The van der Waals surface area contributed by atoms with Crippen LogP contribution in [0.4, 0.5) is 5.69 Å². The minimum Gasteiger partial charge on any atom is -0.478 e. The Morgan fingerprint density at radius 2 is 1.83 bits per heavy atom. The van der Waals surface area contributed by atoms with Crippen LogP contribution in [0.1, 0.15) is 60.8 Å². The van der Waals surface area contributed by atoms with Gasteiger partial charge in [-0.25, -0.2) is 9.78 Å². The largest absolute Gasteiger partial charge is 0.478 e. The number of ether oxygens (including phenoxy) is 1. The van der Waals surface area contributed by atoms with Crippen LogP contribution in [0.3, 0.4) is 0 Å². The van der Waals surface area contributed by atoms with Gasteiger partial charge in [0.2, 0.25) is 0 Å². The smallest absolute Gasteiger partial charge is 0.336 e. The standard InChI is InChI=1S/C30H34N2O3/c1-4-30(2,3)22-18-21(17-20-9-11-23(12-10-20)32-13-15-35-16-14-32)28-25(19-22)27(29(33)34)24-7-5-6-8-26(24)31-28/h5-12,17,22H,4,13-16,18-19H2,1-3H3,(H,33,34). The second-order valence-corrected chi connectivity index (χ2v) is 10.4. The van der Waals surface area contributed by atoms with Gasteiger partial charge in [0.05, 0.1) is 30.0 Å². The summed E-state index contributed by atoms with van der Waals surface area (Å²) < 4.78 is 5.48. The predicted molar refractivity (Wildman–Crippen MR) is 142 cm³/mol. The third-order valence-corrected chi connectivity index (χ3v) is 8.05. The Morgan fingerprint density at radius 3 is 2.51 bits per heavy atom. The van der Waals surface area contributed by atoms with Crippen molar-refractivity contribution >= 4 is 34.2 Å². The maximum Gasteiger partial charge on any atom is 0.336 e.